The largest absolute Gasteiger partial charge is 0.399 e. The molecular formula is C43H33N5O16S4. The lowest BCUT2D eigenvalue weighted by atomic mass is 10.0. The third-order valence-corrected chi connectivity index (χ3v) is 13.6. The Balaban J connectivity index is 1.09. The Morgan fingerprint density at radius 3 is 1.28 bits per heavy atom. The number of amides is 4. The third kappa shape index (κ3) is 10.3. The Morgan fingerprint density at radius 1 is 0.412 bits per heavy atom. The summed E-state index contributed by atoms with van der Waals surface area (Å²) in [6.07, 6.45) is 0. The van der Waals surface area contributed by atoms with Crippen molar-refractivity contribution in [2.24, 2.45) is 0 Å². The molecule has 0 fully saturated rings. The van der Waals surface area contributed by atoms with Gasteiger partial charge in [-0.15, -0.1) is 0 Å². The van der Waals surface area contributed by atoms with Crippen LogP contribution in [0.4, 0.5) is 28.4 Å². The summed E-state index contributed by atoms with van der Waals surface area (Å²) >= 11 is 0. The van der Waals surface area contributed by atoms with Crippen molar-refractivity contribution in [2.75, 3.05) is 27.0 Å². The summed E-state index contributed by atoms with van der Waals surface area (Å²) in [4.78, 5) is 51.1. The van der Waals surface area contributed by atoms with Crippen LogP contribution in [0.2, 0.25) is 0 Å². The highest BCUT2D eigenvalue weighted by Crippen LogP contribution is 2.37. The monoisotopic (exact) mass is 1000 g/mol. The van der Waals surface area contributed by atoms with E-state index < -0.39 is 94.5 Å². The van der Waals surface area contributed by atoms with Gasteiger partial charge in [-0.25, -0.2) is 0 Å². The molecule has 0 radical (unpaired) electrons. The van der Waals surface area contributed by atoms with Crippen LogP contribution in [-0.4, -0.2) is 75.5 Å². The minimum absolute atomic E-state index is 0.0211. The van der Waals surface area contributed by atoms with Crippen LogP contribution in [0.5, 0.6) is 0 Å². The lowest BCUT2D eigenvalue weighted by molar-refractivity contribution is 0.101. The molecule has 4 amide bonds. The van der Waals surface area contributed by atoms with E-state index >= 15 is 0 Å². The smallest absolute Gasteiger partial charge is 0.295 e. The molecule has 0 atom stereocenters. The average Bonchev–Trinajstić information content (AvgIpc) is 3.24. The van der Waals surface area contributed by atoms with E-state index in [4.69, 9.17) is 5.73 Å². The van der Waals surface area contributed by atoms with Gasteiger partial charge in [0.25, 0.3) is 64.1 Å². The molecule has 7 aromatic carbocycles. The molecule has 0 unspecified atom stereocenters. The molecule has 0 heterocycles. The second kappa shape index (κ2) is 17.9. The van der Waals surface area contributed by atoms with Gasteiger partial charge in [0, 0.05) is 60.9 Å². The summed E-state index contributed by atoms with van der Waals surface area (Å²) in [5.41, 5.74) is 5.43. The maximum absolute atomic E-state index is 13.5. The molecule has 0 aliphatic carbocycles. The van der Waals surface area contributed by atoms with Crippen LogP contribution in [-0.2, 0) is 40.5 Å². The number of nitrogens with two attached hydrogens (primary N) is 1. The highest BCUT2D eigenvalue weighted by molar-refractivity contribution is 7.87. The number of anilines is 5. The van der Waals surface area contributed by atoms with Gasteiger partial charge < -0.3 is 27.0 Å². The Labute approximate surface area is 386 Å². The molecule has 0 aliphatic heterocycles. The SMILES string of the molecule is Cc1cc(S(=O)(=O)O)c2c(NC(=O)c3cccc(NC(=O)c4cc(N)cc(C(=O)Nc5cccc(C(=O)Nc6ccc(S(=O)(=O)O)c7cccc(S(=O)(=O)O)c67)c5)c4)c3)ccc(S(=O)(=O)O)c2c1. The van der Waals surface area contributed by atoms with E-state index in [9.17, 15) is 71.1 Å². The Hall–Kier alpha value is -7.62. The Kier molecular flexibility index (Phi) is 12.7. The number of nitrogen functional groups attached to an aromatic ring is 1. The molecule has 10 N–H and O–H groups in total. The van der Waals surface area contributed by atoms with Gasteiger partial charge >= 0.3 is 0 Å². The number of hydrogen-bond acceptors (Lipinski definition) is 13. The Bertz CT molecular complexity index is 3810. The number of rotatable bonds is 12. The van der Waals surface area contributed by atoms with Crippen LogP contribution in [0.25, 0.3) is 21.5 Å². The van der Waals surface area contributed by atoms with Crippen LogP contribution in [0, 0.1) is 6.92 Å². The lowest BCUT2D eigenvalue weighted by Crippen LogP contribution is -2.18. The van der Waals surface area contributed by atoms with Crippen molar-refractivity contribution in [3.05, 3.63) is 149 Å². The molecule has 0 aromatic heterocycles. The van der Waals surface area contributed by atoms with Crippen LogP contribution >= 0.6 is 0 Å². The summed E-state index contributed by atoms with van der Waals surface area (Å²) in [6.45, 7) is 1.42. The van der Waals surface area contributed by atoms with E-state index in [1.54, 1.807) is 0 Å². The van der Waals surface area contributed by atoms with Gasteiger partial charge in [-0.2, -0.15) is 33.7 Å². The zero-order valence-electron chi connectivity index (χ0n) is 34.4. The van der Waals surface area contributed by atoms with Crippen molar-refractivity contribution in [1.82, 2.24) is 0 Å². The molecule has 350 valence electrons. The van der Waals surface area contributed by atoms with E-state index in [0.717, 1.165) is 48.5 Å². The zero-order valence-corrected chi connectivity index (χ0v) is 37.7. The number of fused-ring (bicyclic) bond motifs is 2. The molecule has 25 heteroatoms. The van der Waals surface area contributed by atoms with E-state index in [1.807, 2.05) is 0 Å². The van der Waals surface area contributed by atoms with E-state index in [1.165, 1.54) is 79.7 Å². The van der Waals surface area contributed by atoms with E-state index in [0.29, 0.717) is 0 Å². The van der Waals surface area contributed by atoms with Crippen LogP contribution in [0.3, 0.4) is 0 Å². The first-order valence-corrected chi connectivity index (χ1v) is 24.8. The van der Waals surface area contributed by atoms with Crippen LogP contribution < -0.4 is 27.0 Å². The van der Waals surface area contributed by atoms with Crippen molar-refractivity contribution in [3.8, 4) is 0 Å². The second-order valence-electron chi connectivity index (χ2n) is 14.8. The molecule has 68 heavy (non-hydrogen) atoms. The first kappa shape index (κ1) is 48.3. The van der Waals surface area contributed by atoms with Crippen LogP contribution in [0.1, 0.15) is 47.0 Å². The van der Waals surface area contributed by atoms with Crippen molar-refractivity contribution >= 4 is 114 Å². The topological polar surface area (TPSA) is 360 Å². The number of carbonyl (C=O) groups excluding carboxylic acids is 4. The number of benzene rings is 7. The lowest BCUT2D eigenvalue weighted by Gasteiger charge is -2.15. The van der Waals surface area contributed by atoms with Gasteiger partial charge in [-0.1, -0.05) is 24.3 Å². The summed E-state index contributed by atoms with van der Waals surface area (Å²) < 4.78 is 137. The zero-order chi connectivity index (χ0) is 49.7. The fraction of sp³-hybridized carbons (Fsp3) is 0.0233. The van der Waals surface area contributed by atoms with E-state index in [2.05, 4.69) is 21.3 Å². The van der Waals surface area contributed by atoms with Crippen molar-refractivity contribution in [3.63, 3.8) is 0 Å². The summed E-state index contributed by atoms with van der Waals surface area (Å²) in [5.74, 6) is -3.34. The molecule has 0 saturated carbocycles. The highest BCUT2D eigenvalue weighted by Gasteiger charge is 2.26. The third-order valence-electron chi connectivity index (χ3n) is 10.00. The maximum atomic E-state index is 13.5. The van der Waals surface area contributed by atoms with Crippen molar-refractivity contribution in [1.29, 1.82) is 0 Å². The molecule has 21 nitrogen and oxygen atoms in total. The normalized spacial score (nSPS) is 12.1. The minimum atomic E-state index is -5.00. The van der Waals surface area contributed by atoms with Crippen molar-refractivity contribution < 1.29 is 71.1 Å². The van der Waals surface area contributed by atoms with Gasteiger partial charge in [-0.3, -0.25) is 37.4 Å². The number of hydrogen-bond donors (Lipinski definition) is 9. The van der Waals surface area contributed by atoms with Crippen LogP contribution in [0.15, 0.2) is 141 Å². The molecule has 0 spiro atoms. The molecular weight excluding hydrogens is 971 g/mol. The van der Waals surface area contributed by atoms with Gasteiger partial charge in [-0.05, 0) is 110 Å². The first-order chi connectivity index (χ1) is 31.7. The first-order valence-electron chi connectivity index (χ1n) is 19.1. The second-order valence-corrected chi connectivity index (χ2v) is 20.4. The van der Waals surface area contributed by atoms with Gasteiger partial charge in [0.2, 0.25) is 0 Å². The van der Waals surface area contributed by atoms with Gasteiger partial charge in [0.1, 0.15) is 19.6 Å². The minimum Gasteiger partial charge on any atom is -0.399 e. The number of aryl methyl sites for hydroxylation is 1. The number of carbonyl (C=O) groups is 4. The molecule has 7 rings (SSSR count). The predicted octanol–water partition coefficient (Wildman–Crippen LogP) is 5.88. The van der Waals surface area contributed by atoms with Gasteiger partial charge in [0.15, 0.2) is 0 Å². The highest BCUT2D eigenvalue weighted by atomic mass is 32.2. The summed E-state index contributed by atoms with van der Waals surface area (Å²) in [5, 5.41) is 8.59. The van der Waals surface area contributed by atoms with E-state index in [-0.39, 0.29) is 67.0 Å². The average molecular weight is 1000 g/mol. The summed E-state index contributed by atoms with van der Waals surface area (Å²) in [7, 11) is -19.8. The molecule has 7 aromatic rings. The summed E-state index contributed by atoms with van der Waals surface area (Å²) in [6, 6.07) is 23.9. The quantitative estimate of drug-likeness (QED) is 0.0509. The van der Waals surface area contributed by atoms with Crippen molar-refractivity contribution in [2.45, 2.75) is 26.5 Å². The number of nitrogens with one attached hydrogen (secondary N) is 4. The maximum Gasteiger partial charge on any atom is 0.295 e. The predicted molar refractivity (Wildman–Crippen MR) is 247 cm³/mol. The standard InChI is InChI=1S/C43H33N5O16S4/c1-22-15-31-35(66(56,57)58)14-12-33(39(31)37(16-22)68(62,63)64)48-41(50)24-6-3-8-29(21-24)46-43(52)26-17-25(18-27(44)19-26)42(51)45-28-7-2-5-23(20-28)40(49)47-32-11-13-34(65(53,54)55)30-9-4-10-36(38(30)32)67(59,60)61/h2-21H,44H2,1H3,(H,45,51)(H,46,52)(H,47,49)(H,48,50)(H,53,54,55)(H,56,57,58)(H,59,60,61)(H,62,63,64). The van der Waals surface area contributed by atoms with Gasteiger partial charge in [0.05, 0.1) is 11.4 Å². The fourth-order valence-corrected chi connectivity index (χ4v) is 10.1. The Morgan fingerprint density at radius 2 is 0.824 bits per heavy atom. The molecule has 0 saturated heterocycles. The molecule has 0 aliphatic rings. The molecule has 0 bridgehead atoms. The fourth-order valence-electron chi connectivity index (χ4n) is 7.17.